The molecule has 0 bridgehead atoms. The summed E-state index contributed by atoms with van der Waals surface area (Å²) >= 11 is 5.72. The van der Waals surface area contributed by atoms with Crippen LogP contribution in [0, 0.1) is 17.1 Å². The van der Waals surface area contributed by atoms with Gasteiger partial charge in [-0.3, -0.25) is 0 Å². The first-order valence-corrected chi connectivity index (χ1v) is 6.32. The number of fused-ring (bicyclic) bond motifs is 1. The summed E-state index contributed by atoms with van der Waals surface area (Å²) in [6.07, 6.45) is 0. The number of hydrogen-bond acceptors (Lipinski definition) is 4. The minimum atomic E-state index is -0.640. The topological polar surface area (TPSA) is 72.2 Å². The Hall–Kier alpha value is -2.71. The number of rotatable bonds is 2. The molecule has 0 saturated carbocycles. The maximum absolute atomic E-state index is 13.3. The molecular weight excluding hydrogens is 295 g/mol. The molecule has 1 heterocycles. The molecule has 2 N–H and O–H groups in total. The van der Waals surface area contributed by atoms with E-state index in [-0.39, 0.29) is 28.0 Å². The minimum Gasteiger partial charge on any atom is -0.450 e. The van der Waals surface area contributed by atoms with Gasteiger partial charge in [0.05, 0.1) is 16.1 Å². The van der Waals surface area contributed by atoms with Gasteiger partial charge in [-0.25, -0.2) is 4.39 Å². The van der Waals surface area contributed by atoms with Gasteiger partial charge in [0.25, 0.3) is 0 Å². The largest absolute Gasteiger partial charge is 0.450 e. The van der Waals surface area contributed by atoms with Crippen LogP contribution in [0.1, 0.15) is 5.76 Å². The average molecular weight is 303 g/mol. The van der Waals surface area contributed by atoms with Crippen LogP contribution in [0.3, 0.4) is 0 Å². The molecule has 4 nitrogen and oxygen atoms in total. The number of nitriles is 1. The van der Waals surface area contributed by atoms with Gasteiger partial charge in [0, 0.05) is 12.1 Å². The molecule has 0 fully saturated rings. The van der Waals surface area contributed by atoms with Gasteiger partial charge < -0.3 is 14.9 Å². The molecule has 0 aliphatic heterocycles. The Morgan fingerprint density at radius 3 is 2.81 bits per heavy atom. The van der Waals surface area contributed by atoms with Crippen LogP contribution in [0.25, 0.3) is 11.0 Å². The smallest absolute Gasteiger partial charge is 0.247 e. The SMILES string of the molecule is N#Cc1oc2ccccc2c1Oc1cc(Cl)c(F)cc1N. The van der Waals surface area contributed by atoms with E-state index in [1.165, 1.54) is 6.07 Å². The maximum atomic E-state index is 13.3. The number of anilines is 1. The van der Waals surface area contributed by atoms with Crippen LogP contribution in [-0.2, 0) is 0 Å². The molecule has 3 aromatic rings. The van der Waals surface area contributed by atoms with Crippen molar-refractivity contribution in [3.05, 3.63) is 53.0 Å². The molecule has 0 atom stereocenters. The molecular formula is C15H8ClFN2O2. The Morgan fingerprint density at radius 1 is 1.29 bits per heavy atom. The highest BCUT2D eigenvalue weighted by Crippen LogP contribution is 2.39. The fraction of sp³-hybridized carbons (Fsp3) is 0. The first-order valence-electron chi connectivity index (χ1n) is 5.94. The molecule has 3 rings (SSSR count). The molecule has 6 heteroatoms. The number of nitrogens with zero attached hydrogens (tertiary/aromatic N) is 1. The first-order chi connectivity index (χ1) is 10.1. The zero-order valence-corrected chi connectivity index (χ0v) is 11.3. The highest BCUT2D eigenvalue weighted by Gasteiger charge is 2.18. The highest BCUT2D eigenvalue weighted by molar-refractivity contribution is 6.31. The third kappa shape index (κ3) is 2.26. The van der Waals surface area contributed by atoms with Gasteiger partial charge in [-0.05, 0) is 12.1 Å². The second kappa shape index (κ2) is 5.00. The Labute approximate surface area is 124 Å². The van der Waals surface area contributed by atoms with Crippen LogP contribution in [0.2, 0.25) is 5.02 Å². The van der Waals surface area contributed by atoms with Gasteiger partial charge >= 0.3 is 0 Å². The number of nitrogens with two attached hydrogens (primary N) is 1. The van der Waals surface area contributed by atoms with Crippen molar-refractivity contribution in [2.45, 2.75) is 0 Å². The molecule has 2 aromatic carbocycles. The van der Waals surface area contributed by atoms with E-state index in [2.05, 4.69) is 0 Å². The van der Waals surface area contributed by atoms with E-state index < -0.39 is 5.82 Å². The maximum Gasteiger partial charge on any atom is 0.247 e. The van der Waals surface area contributed by atoms with Crippen molar-refractivity contribution in [1.29, 1.82) is 5.26 Å². The van der Waals surface area contributed by atoms with Crippen LogP contribution >= 0.6 is 11.6 Å². The summed E-state index contributed by atoms with van der Waals surface area (Å²) < 4.78 is 24.3. The van der Waals surface area contributed by atoms with E-state index in [0.29, 0.717) is 11.0 Å². The zero-order chi connectivity index (χ0) is 15.0. The second-order valence-electron chi connectivity index (χ2n) is 4.27. The summed E-state index contributed by atoms with van der Waals surface area (Å²) in [4.78, 5) is 0. The van der Waals surface area contributed by atoms with Crippen LogP contribution in [-0.4, -0.2) is 0 Å². The van der Waals surface area contributed by atoms with Gasteiger partial charge in [-0.15, -0.1) is 0 Å². The Morgan fingerprint density at radius 2 is 2.05 bits per heavy atom. The number of hydrogen-bond donors (Lipinski definition) is 1. The molecule has 0 saturated heterocycles. The summed E-state index contributed by atoms with van der Waals surface area (Å²) in [5.41, 5.74) is 6.29. The van der Waals surface area contributed by atoms with E-state index in [1.807, 2.05) is 6.07 Å². The summed E-state index contributed by atoms with van der Waals surface area (Å²) in [6, 6.07) is 11.3. The number of benzene rings is 2. The monoisotopic (exact) mass is 302 g/mol. The predicted molar refractivity (Wildman–Crippen MR) is 76.8 cm³/mol. The van der Waals surface area contributed by atoms with Gasteiger partial charge in [-0.1, -0.05) is 23.7 Å². The van der Waals surface area contributed by atoms with Crippen molar-refractivity contribution in [2.24, 2.45) is 0 Å². The summed E-state index contributed by atoms with van der Waals surface area (Å²) in [6.45, 7) is 0. The van der Waals surface area contributed by atoms with E-state index in [9.17, 15) is 4.39 Å². The Kier molecular flexibility index (Phi) is 3.16. The van der Waals surface area contributed by atoms with Crippen molar-refractivity contribution < 1.29 is 13.5 Å². The lowest BCUT2D eigenvalue weighted by molar-refractivity contribution is 0.468. The number of furan rings is 1. The third-order valence-corrected chi connectivity index (χ3v) is 3.21. The Bertz CT molecular complexity index is 883. The minimum absolute atomic E-state index is 0.0102. The van der Waals surface area contributed by atoms with E-state index >= 15 is 0 Å². The van der Waals surface area contributed by atoms with Gasteiger partial charge in [0.1, 0.15) is 17.5 Å². The average Bonchev–Trinajstić information content (AvgIpc) is 2.83. The molecule has 0 unspecified atom stereocenters. The van der Waals surface area contributed by atoms with Crippen LogP contribution in [0.4, 0.5) is 10.1 Å². The molecule has 0 amide bonds. The van der Waals surface area contributed by atoms with E-state index in [4.69, 9.17) is 31.8 Å². The van der Waals surface area contributed by atoms with Crippen LogP contribution < -0.4 is 10.5 Å². The molecule has 1 aromatic heterocycles. The lowest BCUT2D eigenvalue weighted by atomic mass is 10.2. The summed E-state index contributed by atoms with van der Waals surface area (Å²) in [7, 11) is 0. The quantitative estimate of drug-likeness (QED) is 0.709. The molecule has 0 spiro atoms. The van der Waals surface area contributed by atoms with E-state index in [1.54, 1.807) is 24.3 Å². The van der Waals surface area contributed by atoms with Gasteiger partial charge in [0.2, 0.25) is 5.76 Å². The van der Waals surface area contributed by atoms with E-state index in [0.717, 1.165) is 6.07 Å². The lowest BCUT2D eigenvalue weighted by Crippen LogP contribution is -1.94. The lowest BCUT2D eigenvalue weighted by Gasteiger charge is -2.08. The molecule has 0 radical (unpaired) electrons. The van der Waals surface area contributed by atoms with Crippen molar-refractivity contribution in [3.8, 4) is 17.6 Å². The number of ether oxygens (including phenoxy) is 1. The van der Waals surface area contributed by atoms with Crippen LogP contribution in [0.5, 0.6) is 11.5 Å². The summed E-state index contributed by atoms with van der Waals surface area (Å²) in [5.74, 6) is -0.248. The fourth-order valence-electron chi connectivity index (χ4n) is 1.94. The van der Waals surface area contributed by atoms with Crippen molar-refractivity contribution in [2.75, 3.05) is 5.73 Å². The second-order valence-corrected chi connectivity index (χ2v) is 4.68. The molecule has 21 heavy (non-hydrogen) atoms. The molecule has 0 aliphatic carbocycles. The fourth-order valence-corrected chi connectivity index (χ4v) is 2.09. The van der Waals surface area contributed by atoms with Crippen molar-refractivity contribution in [1.82, 2.24) is 0 Å². The van der Waals surface area contributed by atoms with Gasteiger partial charge in [0.15, 0.2) is 11.5 Å². The van der Waals surface area contributed by atoms with Crippen molar-refractivity contribution >= 4 is 28.3 Å². The number of halogens is 2. The first kappa shape index (κ1) is 13.3. The third-order valence-electron chi connectivity index (χ3n) is 2.92. The van der Waals surface area contributed by atoms with Gasteiger partial charge in [-0.2, -0.15) is 5.26 Å². The highest BCUT2D eigenvalue weighted by atomic mass is 35.5. The van der Waals surface area contributed by atoms with Crippen molar-refractivity contribution in [3.63, 3.8) is 0 Å². The number of para-hydroxylation sites is 1. The predicted octanol–water partition coefficient (Wildman–Crippen LogP) is 4.47. The zero-order valence-electron chi connectivity index (χ0n) is 10.6. The molecule has 104 valence electrons. The normalized spacial score (nSPS) is 10.5. The summed E-state index contributed by atoms with van der Waals surface area (Å²) in [5, 5.41) is 9.62. The van der Waals surface area contributed by atoms with Crippen LogP contribution in [0.15, 0.2) is 40.8 Å². The standard InChI is InChI=1S/C15H8ClFN2O2/c16-9-5-13(11(19)6-10(9)17)21-15-8-3-1-2-4-12(8)20-14(15)7-18/h1-6H,19H2. The Balaban J connectivity index is 2.14. The number of nitrogen functional groups attached to an aromatic ring is 1. The molecule has 0 aliphatic rings.